The van der Waals surface area contributed by atoms with Crippen molar-refractivity contribution in [2.75, 3.05) is 0 Å². The molecule has 0 saturated heterocycles. The Balaban J connectivity index is 2.40. The highest BCUT2D eigenvalue weighted by molar-refractivity contribution is 7.87. The molecule has 0 atom stereocenters. The molecule has 0 amide bonds. The number of benzene rings is 2. The van der Waals surface area contributed by atoms with Gasteiger partial charge in [0.25, 0.3) is 0 Å². The van der Waals surface area contributed by atoms with E-state index in [-0.39, 0.29) is 22.5 Å². The Morgan fingerprint density at radius 1 is 1.00 bits per heavy atom. The quantitative estimate of drug-likeness (QED) is 0.598. The minimum Gasteiger partial charge on any atom is -0.487 e. The van der Waals surface area contributed by atoms with Crippen molar-refractivity contribution in [3.63, 3.8) is 0 Å². The van der Waals surface area contributed by atoms with Crippen LogP contribution in [0, 0.1) is 6.92 Å². The first-order valence-electron chi connectivity index (χ1n) is 7.09. The zero-order chi connectivity index (χ0) is 17.0. The van der Waals surface area contributed by atoms with Gasteiger partial charge in [0.15, 0.2) is 11.5 Å². The van der Waals surface area contributed by atoms with Crippen molar-refractivity contribution in [1.82, 2.24) is 0 Å². The molecule has 6 heteroatoms. The maximum Gasteiger partial charge on any atom is 0.339 e. The highest BCUT2D eigenvalue weighted by Gasteiger charge is 2.20. The van der Waals surface area contributed by atoms with Crippen LogP contribution in [0.5, 0.6) is 11.5 Å². The fraction of sp³-hybridized carbons (Fsp3) is 0.235. The van der Waals surface area contributed by atoms with Gasteiger partial charge in [0.05, 0.1) is 6.10 Å². The fourth-order valence-electron chi connectivity index (χ4n) is 1.89. The van der Waals surface area contributed by atoms with Crippen LogP contribution in [0.15, 0.2) is 47.4 Å². The summed E-state index contributed by atoms with van der Waals surface area (Å²) in [5.74, 6) is 0.255. The van der Waals surface area contributed by atoms with Crippen LogP contribution < -0.4 is 8.92 Å². The summed E-state index contributed by atoms with van der Waals surface area (Å²) >= 11 is 0. The van der Waals surface area contributed by atoms with E-state index in [2.05, 4.69) is 0 Å². The highest BCUT2D eigenvalue weighted by Crippen LogP contribution is 2.31. The van der Waals surface area contributed by atoms with E-state index in [1.807, 2.05) is 20.8 Å². The van der Waals surface area contributed by atoms with Gasteiger partial charge >= 0.3 is 10.1 Å². The lowest BCUT2D eigenvalue weighted by Gasteiger charge is -2.15. The van der Waals surface area contributed by atoms with Crippen LogP contribution in [0.4, 0.5) is 0 Å². The van der Waals surface area contributed by atoms with Crippen molar-refractivity contribution in [2.45, 2.75) is 31.8 Å². The molecule has 0 unspecified atom stereocenters. The van der Waals surface area contributed by atoms with Crippen LogP contribution >= 0.6 is 0 Å². The molecule has 0 aliphatic carbocycles. The predicted molar refractivity (Wildman–Crippen MR) is 86.6 cm³/mol. The molecule has 2 rings (SSSR count). The smallest absolute Gasteiger partial charge is 0.339 e. The summed E-state index contributed by atoms with van der Waals surface area (Å²) in [6.07, 6.45) is 0.450. The Morgan fingerprint density at radius 2 is 1.65 bits per heavy atom. The second-order valence-electron chi connectivity index (χ2n) is 5.34. The summed E-state index contributed by atoms with van der Waals surface area (Å²) in [5.41, 5.74) is 1.24. The van der Waals surface area contributed by atoms with E-state index in [4.69, 9.17) is 8.92 Å². The largest absolute Gasteiger partial charge is 0.487 e. The third-order valence-electron chi connectivity index (χ3n) is 2.98. The molecule has 2 aromatic carbocycles. The van der Waals surface area contributed by atoms with Crippen LogP contribution in [0.1, 0.15) is 29.8 Å². The van der Waals surface area contributed by atoms with E-state index in [9.17, 15) is 13.2 Å². The third kappa shape index (κ3) is 4.32. The van der Waals surface area contributed by atoms with Gasteiger partial charge in [-0.2, -0.15) is 8.42 Å². The topological polar surface area (TPSA) is 69.7 Å². The van der Waals surface area contributed by atoms with Crippen LogP contribution in [0.2, 0.25) is 0 Å². The molecule has 2 aromatic rings. The van der Waals surface area contributed by atoms with Crippen molar-refractivity contribution in [3.8, 4) is 11.5 Å². The second kappa shape index (κ2) is 6.83. The minimum atomic E-state index is -4.01. The Bertz CT molecular complexity index is 792. The zero-order valence-electron chi connectivity index (χ0n) is 13.1. The van der Waals surface area contributed by atoms with Crippen molar-refractivity contribution in [3.05, 3.63) is 53.6 Å². The second-order valence-corrected chi connectivity index (χ2v) is 6.89. The van der Waals surface area contributed by atoms with Crippen LogP contribution in [0.3, 0.4) is 0 Å². The van der Waals surface area contributed by atoms with Gasteiger partial charge in [0.2, 0.25) is 0 Å². The van der Waals surface area contributed by atoms with Gasteiger partial charge in [-0.3, -0.25) is 4.79 Å². The highest BCUT2D eigenvalue weighted by atomic mass is 32.2. The summed E-state index contributed by atoms with van der Waals surface area (Å²) in [5, 5.41) is 0. The van der Waals surface area contributed by atoms with E-state index >= 15 is 0 Å². The molecule has 0 N–H and O–H groups in total. The number of aryl methyl sites for hydroxylation is 1. The molecule has 0 aliphatic rings. The monoisotopic (exact) mass is 334 g/mol. The van der Waals surface area contributed by atoms with Gasteiger partial charge in [-0.1, -0.05) is 17.7 Å². The molecule has 0 radical (unpaired) electrons. The third-order valence-corrected chi connectivity index (χ3v) is 4.22. The van der Waals surface area contributed by atoms with E-state index in [0.717, 1.165) is 5.56 Å². The molecular weight excluding hydrogens is 316 g/mol. The number of carbonyl (C=O) groups excluding carboxylic acids is 1. The predicted octanol–water partition coefficient (Wildman–Crippen LogP) is 3.36. The molecule has 0 aliphatic heterocycles. The first-order chi connectivity index (χ1) is 10.8. The zero-order valence-corrected chi connectivity index (χ0v) is 14.0. The Morgan fingerprint density at radius 3 is 2.22 bits per heavy atom. The maximum atomic E-state index is 12.4. The summed E-state index contributed by atoms with van der Waals surface area (Å²) in [6.45, 7) is 5.48. The lowest BCUT2D eigenvalue weighted by atomic mass is 10.2. The van der Waals surface area contributed by atoms with Gasteiger partial charge < -0.3 is 8.92 Å². The molecular formula is C17H18O5S. The lowest BCUT2D eigenvalue weighted by Crippen LogP contribution is -2.13. The standard InChI is InChI=1S/C17H18O5S/c1-12(2)21-16-9-6-14(11-18)10-17(16)22-23(19,20)15-7-4-13(3)5-8-15/h4-12H,1-3H3. The first kappa shape index (κ1) is 17.0. The summed E-state index contributed by atoms with van der Waals surface area (Å²) in [4.78, 5) is 11.0. The maximum absolute atomic E-state index is 12.4. The van der Waals surface area contributed by atoms with Gasteiger partial charge in [-0.15, -0.1) is 0 Å². The summed E-state index contributed by atoms with van der Waals surface area (Å²) in [6, 6.07) is 10.7. The number of rotatable bonds is 6. The van der Waals surface area contributed by atoms with Gasteiger partial charge in [0.1, 0.15) is 11.2 Å². The molecule has 0 spiro atoms. The average Bonchev–Trinajstić information content (AvgIpc) is 2.48. The Hall–Kier alpha value is -2.34. The molecule has 0 aromatic heterocycles. The number of aldehydes is 1. The van der Waals surface area contributed by atoms with E-state index in [1.54, 1.807) is 12.1 Å². The molecule has 0 saturated carbocycles. The normalized spacial score (nSPS) is 11.3. The number of hydrogen-bond acceptors (Lipinski definition) is 5. The van der Waals surface area contributed by atoms with Crippen molar-refractivity contribution < 1.29 is 22.1 Å². The van der Waals surface area contributed by atoms with E-state index in [0.29, 0.717) is 11.8 Å². The lowest BCUT2D eigenvalue weighted by molar-refractivity contribution is 0.112. The Kier molecular flexibility index (Phi) is 5.05. The van der Waals surface area contributed by atoms with Crippen molar-refractivity contribution in [1.29, 1.82) is 0 Å². The molecule has 0 bridgehead atoms. The van der Waals surface area contributed by atoms with Crippen LogP contribution in [-0.4, -0.2) is 20.8 Å². The molecule has 122 valence electrons. The van der Waals surface area contributed by atoms with Crippen LogP contribution in [-0.2, 0) is 10.1 Å². The average molecular weight is 334 g/mol. The minimum absolute atomic E-state index is 0.0103. The number of hydrogen-bond donors (Lipinski definition) is 0. The number of carbonyl (C=O) groups is 1. The molecule has 5 nitrogen and oxygen atoms in total. The van der Waals surface area contributed by atoms with Crippen molar-refractivity contribution >= 4 is 16.4 Å². The molecule has 0 fully saturated rings. The first-order valence-corrected chi connectivity index (χ1v) is 8.49. The number of ether oxygens (including phenoxy) is 1. The fourth-order valence-corrected chi connectivity index (χ4v) is 2.82. The molecule has 23 heavy (non-hydrogen) atoms. The van der Waals surface area contributed by atoms with Crippen molar-refractivity contribution in [2.24, 2.45) is 0 Å². The van der Waals surface area contributed by atoms with Gasteiger partial charge in [-0.05, 0) is 51.1 Å². The van der Waals surface area contributed by atoms with Gasteiger partial charge in [-0.25, -0.2) is 0 Å². The SMILES string of the molecule is Cc1ccc(S(=O)(=O)Oc2cc(C=O)ccc2OC(C)C)cc1. The van der Waals surface area contributed by atoms with E-state index < -0.39 is 10.1 Å². The Labute approximate surface area is 136 Å². The van der Waals surface area contributed by atoms with Crippen LogP contribution in [0.25, 0.3) is 0 Å². The van der Waals surface area contributed by atoms with Gasteiger partial charge in [0, 0.05) is 5.56 Å². The summed E-state index contributed by atoms with van der Waals surface area (Å²) in [7, 11) is -4.01. The van der Waals surface area contributed by atoms with E-state index in [1.165, 1.54) is 30.3 Å². The summed E-state index contributed by atoms with van der Waals surface area (Å²) < 4.78 is 35.5. The molecule has 0 heterocycles.